The van der Waals surface area contributed by atoms with E-state index in [1.54, 1.807) is 5.01 Å². The number of nitrogens with zero attached hydrogens (tertiary/aromatic N) is 3. The van der Waals surface area contributed by atoms with Crippen LogP contribution in [-0.4, -0.2) is 61.5 Å². The van der Waals surface area contributed by atoms with Gasteiger partial charge in [0.1, 0.15) is 6.04 Å². The molecule has 0 bridgehead atoms. The van der Waals surface area contributed by atoms with E-state index in [-0.39, 0.29) is 0 Å². The van der Waals surface area contributed by atoms with Crippen molar-refractivity contribution in [1.29, 1.82) is 0 Å². The van der Waals surface area contributed by atoms with Gasteiger partial charge >= 0.3 is 5.97 Å². The summed E-state index contributed by atoms with van der Waals surface area (Å²) < 4.78 is 22.9. The molecule has 1 aliphatic rings. The van der Waals surface area contributed by atoms with Crippen LogP contribution >= 0.6 is 0 Å². The summed E-state index contributed by atoms with van der Waals surface area (Å²) in [5, 5.41) is 13.8. The molecule has 0 saturated carbocycles. The van der Waals surface area contributed by atoms with Gasteiger partial charge in [-0.05, 0) is 53.3 Å². The maximum atomic E-state index is 12.0. The lowest BCUT2D eigenvalue weighted by molar-refractivity contribution is -0.147. The highest BCUT2D eigenvalue weighted by molar-refractivity contribution is 7.76. The number of hydrogen-bond donors (Lipinski definition) is 2. The second-order valence-electron chi connectivity index (χ2n) is 8.96. The molecule has 1 heterocycles. The highest BCUT2D eigenvalue weighted by Gasteiger charge is 2.35. The Morgan fingerprint density at radius 2 is 1.57 bits per heavy atom. The monoisotopic (exact) mass is 495 g/mol. The molecule has 186 valence electrons. The quantitative estimate of drug-likeness (QED) is 0.407. The Morgan fingerprint density at radius 3 is 2.20 bits per heavy atom. The molecule has 3 aromatic rings. The first-order valence-electron chi connectivity index (χ1n) is 12.2. The molecule has 3 aromatic carbocycles. The van der Waals surface area contributed by atoms with Gasteiger partial charge in [0.05, 0.1) is 0 Å². The normalized spacial score (nSPS) is 16.5. The Bertz CT molecular complexity index is 1160. The minimum Gasteiger partial charge on any atom is -0.480 e. The topological polar surface area (TPSA) is 84.3 Å². The lowest BCUT2D eigenvalue weighted by atomic mass is 10.0. The van der Waals surface area contributed by atoms with Crippen LogP contribution in [0.25, 0.3) is 10.8 Å². The molecule has 0 amide bonds. The molecule has 7 nitrogen and oxygen atoms in total. The van der Waals surface area contributed by atoms with E-state index in [1.807, 2.05) is 6.92 Å². The lowest BCUT2D eigenvalue weighted by Gasteiger charge is -2.41. The number of aryl methyl sites for hydroxylation is 2. The SMILES string of the molecule is CCCC(C(=O)O)N(N1CCN(c2ccc(CCc3ccc4ccccc4c3)cc2)CC1)S(=O)O. The van der Waals surface area contributed by atoms with E-state index in [0.29, 0.717) is 39.0 Å². The van der Waals surface area contributed by atoms with Crippen molar-refractivity contribution in [2.45, 2.75) is 38.6 Å². The summed E-state index contributed by atoms with van der Waals surface area (Å²) in [6, 6.07) is 22.7. The second-order valence-corrected chi connectivity index (χ2v) is 9.80. The van der Waals surface area contributed by atoms with Crippen LogP contribution in [0.5, 0.6) is 0 Å². The first-order valence-corrected chi connectivity index (χ1v) is 13.2. The molecule has 1 fully saturated rings. The third-order valence-corrected chi connectivity index (χ3v) is 7.43. The van der Waals surface area contributed by atoms with Gasteiger partial charge in [0.2, 0.25) is 11.3 Å². The molecule has 8 heteroatoms. The number of piperazine rings is 1. The summed E-state index contributed by atoms with van der Waals surface area (Å²) in [4.78, 5) is 13.9. The Balaban J connectivity index is 1.33. The molecule has 2 N–H and O–H groups in total. The molecular formula is C27H33N3O4S. The number of rotatable bonds is 10. The highest BCUT2D eigenvalue weighted by Crippen LogP contribution is 2.22. The van der Waals surface area contributed by atoms with E-state index >= 15 is 0 Å². The van der Waals surface area contributed by atoms with Crippen molar-refractivity contribution >= 4 is 33.7 Å². The predicted octanol–water partition coefficient (Wildman–Crippen LogP) is 4.35. The molecular weight excluding hydrogens is 462 g/mol. The summed E-state index contributed by atoms with van der Waals surface area (Å²) in [5.41, 5.74) is 3.72. The van der Waals surface area contributed by atoms with E-state index in [9.17, 15) is 18.7 Å². The number of fused-ring (bicyclic) bond motifs is 1. The van der Waals surface area contributed by atoms with Crippen LogP contribution in [0.15, 0.2) is 66.7 Å². The van der Waals surface area contributed by atoms with Gasteiger partial charge in [0, 0.05) is 31.9 Å². The summed E-state index contributed by atoms with van der Waals surface area (Å²) >= 11 is -2.38. The van der Waals surface area contributed by atoms with Crippen molar-refractivity contribution in [2.75, 3.05) is 31.1 Å². The summed E-state index contributed by atoms with van der Waals surface area (Å²) in [6.45, 7) is 4.16. The summed E-state index contributed by atoms with van der Waals surface area (Å²) in [5.74, 6) is -1.07. The van der Waals surface area contributed by atoms with Crippen LogP contribution < -0.4 is 4.90 Å². The molecule has 0 spiro atoms. The van der Waals surface area contributed by atoms with Gasteiger partial charge in [-0.2, -0.15) is 0 Å². The number of hydrazine groups is 1. The van der Waals surface area contributed by atoms with E-state index in [1.165, 1.54) is 21.9 Å². The molecule has 0 aliphatic carbocycles. The smallest absolute Gasteiger partial charge is 0.323 e. The van der Waals surface area contributed by atoms with E-state index in [4.69, 9.17) is 0 Å². The van der Waals surface area contributed by atoms with E-state index in [0.717, 1.165) is 22.9 Å². The van der Waals surface area contributed by atoms with Gasteiger partial charge in [0.25, 0.3) is 0 Å². The fourth-order valence-electron chi connectivity index (χ4n) is 4.71. The van der Waals surface area contributed by atoms with Crippen molar-refractivity contribution in [3.8, 4) is 0 Å². The van der Waals surface area contributed by atoms with Crippen molar-refractivity contribution < 1.29 is 18.7 Å². The van der Waals surface area contributed by atoms with Gasteiger partial charge in [-0.1, -0.05) is 67.9 Å². The largest absolute Gasteiger partial charge is 0.480 e. The number of carboxylic acid groups (broad SMARTS) is 1. The first kappa shape index (κ1) is 25.3. The fourth-order valence-corrected chi connectivity index (χ4v) is 5.49. The number of benzene rings is 3. The Kier molecular flexibility index (Phi) is 8.51. The molecule has 0 aromatic heterocycles. The van der Waals surface area contributed by atoms with Crippen molar-refractivity contribution in [1.82, 2.24) is 9.42 Å². The maximum absolute atomic E-state index is 12.0. The highest BCUT2D eigenvalue weighted by atomic mass is 32.2. The van der Waals surface area contributed by atoms with Crippen molar-refractivity contribution in [3.05, 3.63) is 77.9 Å². The molecule has 0 radical (unpaired) electrons. The average Bonchev–Trinajstić information content (AvgIpc) is 2.87. The van der Waals surface area contributed by atoms with Gasteiger partial charge in [-0.3, -0.25) is 9.35 Å². The predicted molar refractivity (Wildman–Crippen MR) is 141 cm³/mol. The van der Waals surface area contributed by atoms with Gasteiger partial charge in [0.15, 0.2) is 0 Å². The van der Waals surface area contributed by atoms with Crippen LogP contribution in [0.2, 0.25) is 0 Å². The number of carboxylic acids is 1. The van der Waals surface area contributed by atoms with Gasteiger partial charge in [-0.25, -0.2) is 9.22 Å². The fraction of sp³-hybridized carbons (Fsp3) is 0.370. The Labute approximate surface area is 209 Å². The summed E-state index contributed by atoms with van der Waals surface area (Å²) in [7, 11) is 0. The second kappa shape index (κ2) is 11.8. The third-order valence-electron chi connectivity index (χ3n) is 6.63. The van der Waals surface area contributed by atoms with Gasteiger partial charge < -0.3 is 10.0 Å². The molecule has 2 unspecified atom stereocenters. The molecule has 1 saturated heterocycles. The standard InChI is InChI=1S/C27H33N3O4S/c1-2-5-26(27(31)32)30(35(33)34)29-18-16-28(17-19-29)25-14-11-21(12-15-25)8-9-22-10-13-23-6-3-4-7-24(23)20-22/h3-4,6-7,10-15,20,26H,2,5,8-9,16-19H2,1H3,(H,31,32)(H,33,34). The average molecular weight is 496 g/mol. The van der Waals surface area contributed by atoms with Crippen LogP contribution in [-0.2, 0) is 28.9 Å². The van der Waals surface area contributed by atoms with Crippen LogP contribution in [0.3, 0.4) is 0 Å². The Morgan fingerprint density at radius 1 is 0.943 bits per heavy atom. The zero-order valence-electron chi connectivity index (χ0n) is 20.0. The number of aliphatic carboxylic acids is 1. The van der Waals surface area contributed by atoms with Crippen LogP contribution in [0.1, 0.15) is 30.9 Å². The van der Waals surface area contributed by atoms with Crippen molar-refractivity contribution in [2.24, 2.45) is 0 Å². The van der Waals surface area contributed by atoms with Crippen LogP contribution in [0, 0.1) is 0 Å². The molecule has 2 atom stereocenters. The van der Waals surface area contributed by atoms with E-state index in [2.05, 4.69) is 71.6 Å². The number of hydrogen-bond acceptors (Lipinski definition) is 4. The van der Waals surface area contributed by atoms with E-state index < -0.39 is 23.3 Å². The van der Waals surface area contributed by atoms with Crippen LogP contribution in [0.4, 0.5) is 5.69 Å². The minimum absolute atomic E-state index is 0.322. The summed E-state index contributed by atoms with van der Waals surface area (Å²) in [6.07, 6.45) is 2.90. The van der Waals surface area contributed by atoms with Crippen molar-refractivity contribution in [3.63, 3.8) is 0 Å². The number of carbonyl (C=O) groups is 1. The third kappa shape index (κ3) is 6.27. The van der Waals surface area contributed by atoms with Gasteiger partial charge in [-0.15, -0.1) is 4.41 Å². The molecule has 1 aliphatic heterocycles. The minimum atomic E-state index is -2.38. The zero-order chi connectivity index (χ0) is 24.8. The Hall–Kier alpha value is -2.78. The maximum Gasteiger partial charge on any atom is 0.323 e. The molecule has 35 heavy (non-hydrogen) atoms. The zero-order valence-corrected chi connectivity index (χ0v) is 20.9. The molecule has 4 rings (SSSR count). The lowest BCUT2D eigenvalue weighted by Crippen LogP contribution is -2.58. The first-order chi connectivity index (χ1) is 17.0. The number of anilines is 1.